The molecule has 1 atom stereocenters. The molecule has 1 aromatic heterocycles. The van der Waals surface area contributed by atoms with E-state index in [1.807, 2.05) is 6.07 Å². The van der Waals surface area contributed by atoms with Gasteiger partial charge in [0.25, 0.3) is 0 Å². The lowest BCUT2D eigenvalue weighted by atomic mass is 10.1. The molecule has 0 spiro atoms. The SMILES string of the molecule is CCc1ccc2oc(C(N)CC3CC3)nc2c1. The Balaban J connectivity index is 1.89. The molecule has 17 heavy (non-hydrogen) atoms. The molecular formula is C14H18N2O. The summed E-state index contributed by atoms with van der Waals surface area (Å²) >= 11 is 0. The van der Waals surface area contributed by atoms with Crippen LogP contribution < -0.4 is 5.73 Å². The van der Waals surface area contributed by atoms with Crippen molar-refractivity contribution in [1.29, 1.82) is 0 Å². The maximum Gasteiger partial charge on any atom is 0.212 e. The van der Waals surface area contributed by atoms with Crippen LogP contribution in [0.25, 0.3) is 11.1 Å². The van der Waals surface area contributed by atoms with Gasteiger partial charge in [0.05, 0.1) is 6.04 Å². The predicted octanol–water partition coefficient (Wildman–Crippen LogP) is 3.19. The molecule has 3 rings (SSSR count). The third kappa shape index (κ3) is 2.20. The summed E-state index contributed by atoms with van der Waals surface area (Å²) in [5, 5.41) is 0. The number of aryl methyl sites for hydroxylation is 1. The van der Waals surface area contributed by atoms with E-state index in [0.717, 1.165) is 29.9 Å². The first-order valence-electron chi connectivity index (χ1n) is 6.41. The lowest BCUT2D eigenvalue weighted by molar-refractivity contribution is 0.445. The van der Waals surface area contributed by atoms with Gasteiger partial charge in [0.15, 0.2) is 5.58 Å². The highest BCUT2D eigenvalue weighted by Crippen LogP contribution is 2.37. The number of aromatic nitrogens is 1. The van der Waals surface area contributed by atoms with Crippen molar-refractivity contribution in [2.45, 2.75) is 38.6 Å². The summed E-state index contributed by atoms with van der Waals surface area (Å²) in [6.45, 7) is 2.14. The predicted molar refractivity (Wildman–Crippen MR) is 67.7 cm³/mol. The van der Waals surface area contributed by atoms with E-state index in [9.17, 15) is 0 Å². The number of oxazole rings is 1. The molecule has 0 aliphatic heterocycles. The van der Waals surface area contributed by atoms with Gasteiger partial charge >= 0.3 is 0 Å². The van der Waals surface area contributed by atoms with Crippen molar-refractivity contribution in [3.05, 3.63) is 29.7 Å². The molecule has 0 amide bonds. The molecular weight excluding hydrogens is 212 g/mol. The van der Waals surface area contributed by atoms with Gasteiger partial charge in [0, 0.05) is 0 Å². The molecule has 1 heterocycles. The van der Waals surface area contributed by atoms with E-state index >= 15 is 0 Å². The lowest BCUT2D eigenvalue weighted by Gasteiger charge is -2.04. The largest absolute Gasteiger partial charge is 0.439 e. The standard InChI is InChI=1S/C14H18N2O/c1-2-9-5-6-13-12(8-9)16-14(17-13)11(15)7-10-3-4-10/h5-6,8,10-11H,2-4,7,15H2,1H3. The molecule has 1 unspecified atom stereocenters. The average Bonchev–Trinajstić information content (AvgIpc) is 3.04. The van der Waals surface area contributed by atoms with E-state index in [0.29, 0.717) is 5.89 Å². The maximum atomic E-state index is 6.11. The maximum absolute atomic E-state index is 6.11. The third-order valence-corrected chi connectivity index (χ3v) is 3.48. The Morgan fingerprint density at radius 3 is 3.00 bits per heavy atom. The van der Waals surface area contributed by atoms with Crippen LogP contribution in [0.5, 0.6) is 0 Å². The van der Waals surface area contributed by atoms with Crippen LogP contribution in [-0.2, 0) is 6.42 Å². The second-order valence-electron chi connectivity index (χ2n) is 4.99. The van der Waals surface area contributed by atoms with Crippen molar-refractivity contribution in [3.63, 3.8) is 0 Å². The second-order valence-corrected chi connectivity index (χ2v) is 4.99. The monoisotopic (exact) mass is 230 g/mol. The highest BCUT2D eigenvalue weighted by Gasteiger charge is 2.26. The fraction of sp³-hybridized carbons (Fsp3) is 0.500. The molecule has 1 saturated carbocycles. The van der Waals surface area contributed by atoms with Crippen LogP contribution in [0.1, 0.15) is 43.7 Å². The molecule has 1 aliphatic rings. The summed E-state index contributed by atoms with van der Waals surface area (Å²) in [6, 6.07) is 6.13. The van der Waals surface area contributed by atoms with E-state index in [1.54, 1.807) is 0 Å². The fourth-order valence-electron chi connectivity index (χ4n) is 2.18. The minimum absolute atomic E-state index is 0.0417. The van der Waals surface area contributed by atoms with Crippen molar-refractivity contribution in [3.8, 4) is 0 Å². The molecule has 1 aromatic carbocycles. The van der Waals surface area contributed by atoms with Crippen molar-refractivity contribution < 1.29 is 4.42 Å². The minimum Gasteiger partial charge on any atom is -0.439 e. The first-order valence-corrected chi connectivity index (χ1v) is 6.41. The van der Waals surface area contributed by atoms with Crippen LogP contribution >= 0.6 is 0 Å². The Morgan fingerprint density at radius 2 is 2.29 bits per heavy atom. The number of hydrogen-bond acceptors (Lipinski definition) is 3. The highest BCUT2D eigenvalue weighted by atomic mass is 16.3. The molecule has 1 fully saturated rings. The summed E-state index contributed by atoms with van der Waals surface area (Å²) < 4.78 is 5.72. The Labute approximate surface area is 101 Å². The minimum atomic E-state index is -0.0417. The van der Waals surface area contributed by atoms with Gasteiger partial charge in [-0.2, -0.15) is 0 Å². The zero-order chi connectivity index (χ0) is 11.8. The Bertz CT molecular complexity index is 528. The molecule has 0 bridgehead atoms. The first kappa shape index (κ1) is 10.8. The topological polar surface area (TPSA) is 52.0 Å². The van der Waals surface area contributed by atoms with Gasteiger partial charge in [-0.1, -0.05) is 25.8 Å². The summed E-state index contributed by atoms with van der Waals surface area (Å²) in [5.41, 5.74) is 9.19. The van der Waals surface area contributed by atoms with Crippen molar-refractivity contribution in [2.24, 2.45) is 11.7 Å². The van der Waals surface area contributed by atoms with Crippen LogP contribution in [0.4, 0.5) is 0 Å². The van der Waals surface area contributed by atoms with Crippen molar-refractivity contribution >= 4 is 11.1 Å². The van der Waals surface area contributed by atoms with Gasteiger partial charge in [-0.3, -0.25) is 0 Å². The zero-order valence-electron chi connectivity index (χ0n) is 10.1. The molecule has 0 saturated heterocycles. The quantitative estimate of drug-likeness (QED) is 0.877. The van der Waals surface area contributed by atoms with Gasteiger partial charge in [-0.25, -0.2) is 4.98 Å². The van der Waals surface area contributed by atoms with Crippen LogP contribution in [0.3, 0.4) is 0 Å². The first-order chi connectivity index (χ1) is 8.26. The Kier molecular flexibility index (Phi) is 2.63. The van der Waals surface area contributed by atoms with E-state index in [1.165, 1.54) is 18.4 Å². The number of rotatable bonds is 4. The normalized spacial score (nSPS) is 17.5. The fourth-order valence-corrected chi connectivity index (χ4v) is 2.18. The smallest absolute Gasteiger partial charge is 0.212 e. The lowest BCUT2D eigenvalue weighted by Crippen LogP contribution is -2.11. The van der Waals surface area contributed by atoms with Crippen LogP contribution in [0, 0.1) is 5.92 Å². The van der Waals surface area contributed by atoms with Crippen LogP contribution in [0.2, 0.25) is 0 Å². The van der Waals surface area contributed by atoms with Gasteiger partial charge in [0.2, 0.25) is 5.89 Å². The van der Waals surface area contributed by atoms with E-state index in [4.69, 9.17) is 10.2 Å². The molecule has 2 N–H and O–H groups in total. The van der Waals surface area contributed by atoms with E-state index in [-0.39, 0.29) is 6.04 Å². The number of hydrogen-bond donors (Lipinski definition) is 1. The van der Waals surface area contributed by atoms with E-state index < -0.39 is 0 Å². The molecule has 2 aromatic rings. The van der Waals surface area contributed by atoms with Crippen LogP contribution in [-0.4, -0.2) is 4.98 Å². The molecule has 0 radical (unpaired) electrons. The van der Waals surface area contributed by atoms with E-state index in [2.05, 4.69) is 24.0 Å². The van der Waals surface area contributed by atoms with Gasteiger partial charge < -0.3 is 10.2 Å². The summed E-state index contributed by atoms with van der Waals surface area (Å²) in [6.07, 6.45) is 4.65. The van der Waals surface area contributed by atoms with Gasteiger partial charge in [0.1, 0.15) is 5.52 Å². The summed E-state index contributed by atoms with van der Waals surface area (Å²) in [7, 11) is 0. The number of benzene rings is 1. The second kappa shape index (κ2) is 4.15. The number of fused-ring (bicyclic) bond motifs is 1. The highest BCUT2D eigenvalue weighted by molar-refractivity contribution is 5.73. The Hall–Kier alpha value is -1.35. The Morgan fingerprint density at radius 1 is 1.47 bits per heavy atom. The van der Waals surface area contributed by atoms with Crippen LogP contribution in [0.15, 0.2) is 22.6 Å². The van der Waals surface area contributed by atoms with Crippen molar-refractivity contribution in [2.75, 3.05) is 0 Å². The molecule has 3 heteroatoms. The average molecular weight is 230 g/mol. The third-order valence-electron chi connectivity index (χ3n) is 3.48. The van der Waals surface area contributed by atoms with Gasteiger partial charge in [-0.15, -0.1) is 0 Å². The molecule has 3 nitrogen and oxygen atoms in total. The molecule has 90 valence electrons. The van der Waals surface area contributed by atoms with Crippen molar-refractivity contribution in [1.82, 2.24) is 4.98 Å². The van der Waals surface area contributed by atoms with Gasteiger partial charge in [-0.05, 0) is 36.5 Å². The summed E-state index contributed by atoms with van der Waals surface area (Å²) in [4.78, 5) is 4.51. The molecule has 1 aliphatic carbocycles. The number of nitrogens with zero attached hydrogens (tertiary/aromatic N) is 1. The zero-order valence-corrected chi connectivity index (χ0v) is 10.1. The number of nitrogens with two attached hydrogens (primary N) is 1. The summed E-state index contributed by atoms with van der Waals surface area (Å²) in [5.74, 6) is 1.49.